The molecule has 0 N–H and O–H groups in total. The van der Waals surface area contributed by atoms with Crippen LogP contribution in [0.4, 0.5) is 0 Å². The Hall–Kier alpha value is -1.96. The van der Waals surface area contributed by atoms with Crippen molar-refractivity contribution < 1.29 is 9.47 Å². The lowest BCUT2D eigenvalue weighted by molar-refractivity contribution is 0.377. The Bertz CT molecular complexity index is 501. The maximum Gasteiger partial charge on any atom is 0.172 e. The van der Waals surface area contributed by atoms with Crippen LogP contribution in [0.25, 0.3) is 0 Å². The van der Waals surface area contributed by atoms with Crippen molar-refractivity contribution in [3.05, 3.63) is 53.6 Å². The van der Waals surface area contributed by atoms with Gasteiger partial charge in [0.25, 0.3) is 0 Å². The van der Waals surface area contributed by atoms with Crippen molar-refractivity contribution in [2.45, 2.75) is 13.8 Å². The first kappa shape index (κ1) is 11.5. The number of hydrogen-bond donors (Lipinski definition) is 0. The zero-order valence-electron chi connectivity index (χ0n) is 10.4. The maximum absolute atomic E-state index is 5.86. The maximum atomic E-state index is 5.86. The van der Waals surface area contributed by atoms with Crippen molar-refractivity contribution >= 4 is 0 Å². The SMILES string of the molecule is COc1cccc(C)c1Oc1ccc(C)cc1. The molecule has 0 saturated carbocycles. The van der Waals surface area contributed by atoms with Crippen molar-refractivity contribution in [1.82, 2.24) is 0 Å². The molecular formula is C15H16O2. The van der Waals surface area contributed by atoms with Crippen molar-refractivity contribution in [2.24, 2.45) is 0 Å². The normalized spacial score (nSPS) is 10.1. The largest absolute Gasteiger partial charge is 0.493 e. The molecule has 0 aromatic heterocycles. The molecule has 0 amide bonds. The first-order chi connectivity index (χ1) is 8.20. The monoisotopic (exact) mass is 228 g/mol. The van der Waals surface area contributed by atoms with Crippen LogP contribution < -0.4 is 9.47 Å². The van der Waals surface area contributed by atoms with Crippen LogP contribution in [-0.2, 0) is 0 Å². The van der Waals surface area contributed by atoms with E-state index in [1.54, 1.807) is 7.11 Å². The molecule has 0 bridgehead atoms. The van der Waals surface area contributed by atoms with Gasteiger partial charge >= 0.3 is 0 Å². The highest BCUT2D eigenvalue weighted by atomic mass is 16.5. The highest BCUT2D eigenvalue weighted by Gasteiger charge is 2.08. The molecule has 2 aromatic carbocycles. The summed E-state index contributed by atoms with van der Waals surface area (Å²) in [6, 6.07) is 13.8. The number of para-hydroxylation sites is 1. The summed E-state index contributed by atoms with van der Waals surface area (Å²) in [6.45, 7) is 4.06. The second-order valence-corrected chi connectivity index (χ2v) is 4.02. The van der Waals surface area contributed by atoms with E-state index in [1.165, 1.54) is 5.56 Å². The third-order valence-corrected chi connectivity index (χ3v) is 2.64. The lowest BCUT2D eigenvalue weighted by Gasteiger charge is -2.12. The van der Waals surface area contributed by atoms with Crippen molar-refractivity contribution in [2.75, 3.05) is 7.11 Å². The van der Waals surface area contributed by atoms with Gasteiger partial charge in [0.05, 0.1) is 7.11 Å². The van der Waals surface area contributed by atoms with Gasteiger partial charge in [-0.05, 0) is 37.6 Å². The third kappa shape index (κ3) is 2.59. The molecule has 0 aliphatic carbocycles. The summed E-state index contributed by atoms with van der Waals surface area (Å²) in [7, 11) is 1.65. The summed E-state index contributed by atoms with van der Waals surface area (Å²) in [5, 5.41) is 0. The summed E-state index contributed by atoms with van der Waals surface area (Å²) in [5.74, 6) is 2.35. The highest BCUT2D eigenvalue weighted by Crippen LogP contribution is 2.34. The molecule has 2 nitrogen and oxygen atoms in total. The van der Waals surface area contributed by atoms with E-state index < -0.39 is 0 Å². The van der Waals surface area contributed by atoms with Gasteiger partial charge in [0.2, 0.25) is 0 Å². The number of rotatable bonds is 3. The molecule has 0 radical (unpaired) electrons. The standard InChI is InChI=1S/C15H16O2/c1-11-7-9-13(10-8-11)17-15-12(2)5-4-6-14(15)16-3/h4-10H,1-3H3. The second-order valence-electron chi connectivity index (χ2n) is 4.02. The summed E-state index contributed by atoms with van der Waals surface area (Å²) < 4.78 is 11.2. The number of ether oxygens (including phenoxy) is 2. The van der Waals surface area contributed by atoms with Crippen molar-refractivity contribution in [1.29, 1.82) is 0 Å². The van der Waals surface area contributed by atoms with E-state index in [2.05, 4.69) is 6.92 Å². The molecule has 2 heteroatoms. The fraction of sp³-hybridized carbons (Fsp3) is 0.200. The van der Waals surface area contributed by atoms with Gasteiger partial charge in [-0.3, -0.25) is 0 Å². The average Bonchev–Trinajstić information content (AvgIpc) is 2.34. The number of methoxy groups -OCH3 is 1. The smallest absolute Gasteiger partial charge is 0.172 e. The minimum Gasteiger partial charge on any atom is -0.493 e. The molecular weight excluding hydrogens is 212 g/mol. The van der Waals surface area contributed by atoms with Gasteiger partial charge in [0.15, 0.2) is 11.5 Å². The van der Waals surface area contributed by atoms with Crippen LogP contribution in [-0.4, -0.2) is 7.11 Å². The number of benzene rings is 2. The van der Waals surface area contributed by atoms with Gasteiger partial charge in [0, 0.05) is 0 Å². The van der Waals surface area contributed by atoms with Crippen molar-refractivity contribution in [3.63, 3.8) is 0 Å². The van der Waals surface area contributed by atoms with E-state index in [0.29, 0.717) is 0 Å². The predicted molar refractivity (Wildman–Crippen MR) is 69.0 cm³/mol. The Morgan fingerprint density at radius 2 is 1.59 bits per heavy atom. The van der Waals surface area contributed by atoms with Crippen LogP contribution in [0.1, 0.15) is 11.1 Å². The molecule has 0 aliphatic rings. The first-order valence-electron chi connectivity index (χ1n) is 5.59. The predicted octanol–water partition coefficient (Wildman–Crippen LogP) is 4.10. The molecule has 88 valence electrons. The molecule has 0 spiro atoms. The fourth-order valence-corrected chi connectivity index (χ4v) is 1.64. The van der Waals surface area contributed by atoms with Crippen LogP contribution in [0.2, 0.25) is 0 Å². The van der Waals surface area contributed by atoms with Crippen LogP contribution in [0, 0.1) is 13.8 Å². The fourth-order valence-electron chi connectivity index (χ4n) is 1.64. The molecule has 17 heavy (non-hydrogen) atoms. The lowest BCUT2D eigenvalue weighted by atomic mass is 10.2. The van der Waals surface area contributed by atoms with Gasteiger partial charge in [-0.25, -0.2) is 0 Å². The lowest BCUT2D eigenvalue weighted by Crippen LogP contribution is -1.92. The quantitative estimate of drug-likeness (QED) is 0.787. The average molecular weight is 228 g/mol. The van der Waals surface area contributed by atoms with Crippen LogP contribution in [0.5, 0.6) is 17.2 Å². The minimum absolute atomic E-state index is 0.755. The number of aryl methyl sites for hydroxylation is 2. The van der Waals surface area contributed by atoms with Gasteiger partial charge < -0.3 is 9.47 Å². The molecule has 0 fully saturated rings. The van der Waals surface area contributed by atoms with Gasteiger partial charge in [-0.2, -0.15) is 0 Å². The Balaban J connectivity index is 2.32. The summed E-state index contributed by atoms with van der Waals surface area (Å²) in [4.78, 5) is 0. The van der Waals surface area contributed by atoms with E-state index in [9.17, 15) is 0 Å². The Kier molecular flexibility index (Phi) is 3.33. The molecule has 2 aromatic rings. The Morgan fingerprint density at radius 3 is 2.24 bits per heavy atom. The van der Waals surface area contributed by atoms with E-state index >= 15 is 0 Å². The third-order valence-electron chi connectivity index (χ3n) is 2.64. The van der Waals surface area contributed by atoms with Gasteiger partial charge in [-0.1, -0.05) is 29.8 Å². The zero-order valence-corrected chi connectivity index (χ0v) is 10.4. The Morgan fingerprint density at radius 1 is 0.882 bits per heavy atom. The summed E-state index contributed by atoms with van der Waals surface area (Å²) in [6.07, 6.45) is 0. The van der Waals surface area contributed by atoms with Crippen LogP contribution in [0.3, 0.4) is 0 Å². The molecule has 0 atom stereocenters. The zero-order chi connectivity index (χ0) is 12.3. The Labute approximate surface area is 102 Å². The molecule has 2 rings (SSSR count). The van der Waals surface area contributed by atoms with Gasteiger partial charge in [0.1, 0.15) is 5.75 Å². The second kappa shape index (κ2) is 4.91. The van der Waals surface area contributed by atoms with Crippen molar-refractivity contribution in [3.8, 4) is 17.2 Å². The molecule has 0 heterocycles. The molecule has 0 aliphatic heterocycles. The van der Waals surface area contributed by atoms with E-state index in [-0.39, 0.29) is 0 Å². The summed E-state index contributed by atoms with van der Waals surface area (Å²) >= 11 is 0. The highest BCUT2D eigenvalue weighted by molar-refractivity contribution is 5.48. The van der Waals surface area contributed by atoms with Gasteiger partial charge in [-0.15, -0.1) is 0 Å². The molecule has 0 unspecified atom stereocenters. The van der Waals surface area contributed by atoms with E-state index in [0.717, 1.165) is 22.8 Å². The molecule has 0 saturated heterocycles. The number of hydrogen-bond acceptors (Lipinski definition) is 2. The topological polar surface area (TPSA) is 18.5 Å². The van der Waals surface area contributed by atoms with E-state index in [1.807, 2.05) is 49.4 Å². The van der Waals surface area contributed by atoms with E-state index in [4.69, 9.17) is 9.47 Å². The van der Waals surface area contributed by atoms with Crippen LogP contribution >= 0.6 is 0 Å². The van der Waals surface area contributed by atoms with Crippen LogP contribution in [0.15, 0.2) is 42.5 Å². The first-order valence-corrected chi connectivity index (χ1v) is 5.59. The summed E-state index contributed by atoms with van der Waals surface area (Å²) in [5.41, 5.74) is 2.28. The minimum atomic E-state index is 0.755.